The molecular formula is C10H8O5. The summed E-state index contributed by atoms with van der Waals surface area (Å²) in [7, 11) is 0. The number of ketones is 1. The molecule has 5 heteroatoms. The van der Waals surface area contributed by atoms with E-state index >= 15 is 0 Å². The molecule has 5 nitrogen and oxygen atoms in total. The van der Waals surface area contributed by atoms with E-state index in [2.05, 4.69) is 0 Å². The van der Waals surface area contributed by atoms with Crippen LogP contribution in [0.15, 0.2) is 12.1 Å². The van der Waals surface area contributed by atoms with Gasteiger partial charge < -0.3 is 14.9 Å². The van der Waals surface area contributed by atoms with Crippen molar-refractivity contribution >= 4 is 11.8 Å². The summed E-state index contributed by atoms with van der Waals surface area (Å²) in [5, 5.41) is 18.6. The number of cyclic esters (lactones) is 1. The first kappa shape index (κ1) is 9.51. The third kappa shape index (κ3) is 1.32. The van der Waals surface area contributed by atoms with Crippen LogP contribution in [0.1, 0.15) is 28.9 Å². The van der Waals surface area contributed by atoms with Crippen LogP contribution in [0.5, 0.6) is 11.5 Å². The van der Waals surface area contributed by atoms with Crippen molar-refractivity contribution in [2.24, 2.45) is 0 Å². The molecule has 0 amide bonds. The Bertz CT molecular complexity index is 463. The summed E-state index contributed by atoms with van der Waals surface area (Å²) < 4.78 is 4.77. The Morgan fingerprint density at radius 2 is 2.07 bits per heavy atom. The number of benzene rings is 1. The average Bonchev–Trinajstić information content (AvgIpc) is 2.42. The quantitative estimate of drug-likeness (QED) is 0.670. The highest BCUT2D eigenvalue weighted by Crippen LogP contribution is 2.38. The Labute approximate surface area is 84.9 Å². The lowest BCUT2D eigenvalue weighted by Crippen LogP contribution is -2.07. The fraction of sp³-hybridized carbons (Fsp3) is 0.200. The first-order chi connectivity index (χ1) is 7.00. The van der Waals surface area contributed by atoms with Crippen molar-refractivity contribution in [2.45, 2.75) is 13.0 Å². The van der Waals surface area contributed by atoms with Crippen LogP contribution >= 0.6 is 0 Å². The minimum Gasteiger partial charge on any atom is -0.508 e. The Morgan fingerprint density at radius 3 is 2.67 bits per heavy atom. The molecule has 0 saturated carbocycles. The number of phenols is 2. The van der Waals surface area contributed by atoms with Gasteiger partial charge in [0.15, 0.2) is 11.9 Å². The number of ether oxygens (including phenoxy) is 1. The van der Waals surface area contributed by atoms with Crippen LogP contribution in [0.4, 0.5) is 0 Å². The van der Waals surface area contributed by atoms with Crippen LogP contribution < -0.4 is 0 Å². The highest BCUT2D eigenvalue weighted by atomic mass is 16.6. The molecule has 1 aliphatic rings. The normalized spacial score (nSPS) is 18.5. The molecule has 2 N–H and O–H groups in total. The molecule has 1 aromatic carbocycles. The van der Waals surface area contributed by atoms with E-state index in [4.69, 9.17) is 4.74 Å². The third-order valence-electron chi connectivity index (χ3n) is 2.21. The van der Waals surface area contributed by atoms with Crippen molar-refractivity contribution in [1.82, 2.24) is 0 Å². The summed E-state index contributed by atoms with van der Waals surface area (Å²) in [6.45, 7) is 1.27. The van der Waals surface area contributed by atoms with Gasteiger partial charge >= 0.3 is 5.97 Å². The zero-order valence-electron chi connectivity index (χ0n) is 7.85. The SMILES string of the molecule is CC(=O)[C@H]1OC(=O)c2c(O)cc(O)cc21. The Morgan fingerprint density at radius 1 is 1.40 bits per heavy atom. The summed E-state index contributed by atoms with van der Waals surface area (Å²) in [6, 6.07) is 2.27. The third-order valence-corrected chi connectivity index (χ3v) is 2.21. The first-order valence-electron chi connectivity index (χ1n) is 4.28. The summed E-state index contributed by atoms with van der Waals surface area (Å²) in [4.78, 5) is 22.4. The molecule has 0 spiro atoms. The summed E-state index contributed by atoms with van der Waals surface area (Å²) >= 11 is 0. The van der Waals surface area contributed by atoms with Gasteiger partial charge in [0.05, 0.1) is 0 Å². The van der Waals surface area contributed by atoms with Gasteiger partial charge in [-0.15, -0.1) is 0 Å². The topological polar surface area (TPSA) is 83.8 Å². The Balaban J connectivity index is 2.65. The van der Waals surface area contributed by atoms with Crippen molar-refractivity contribution in [2.75, 3.05) is 0 Å². The summed E-state index contributed by atoms with van der Waals surface area (Å²) in [6.07, 6.45) is -1.02. The summed E-state index contributed by atoms with van der Waals surface area (Å²) in [5.74, 6) is -1.69. The van der Waals surface area contributed by atoms with Gasteiger partial charge in [0.1, 0.15) is 17.1 Å². The molecule has 1 heterocycles. The van der Waals surface area contributed by atoms with Crippen LogP contribution in [0.2, 0.25) is 0 Å². The molecule has 78 valence electrons. The fourth-order valence-corrected chi connectivity index (χ4v) is 1.59. The lowest BCUT2D eigenvalue weighted by atomic mass is 10.0. The monoisotopic (exact) mass is 208 g/mol. The molecule has 1 aliphatic heterocycles. The van der Waals surface area contributed by atoms with Gasteiger partial charge in [0, 0.05) is 11.6 Å². The second kappa shape index (κ2) is 2.98. The molecule has 0 radical (unpaired) electrons. The molecule has 0 fully saturated rings. The number of fused-ring (bicyclic) bond motifs is 1. The van der Waals surface area contributed by atoms with E-state index in [1.807, 2.05) is 0 Å². The smallest absolute Gasteiger partial charge is 0.343 e. The van der Waals surface area contributed by atoms with E-state index in [1.54, 1.807) is 0 Å². The standard InChI is InChI=1S/C10H8O5/c1-4(11)9-6-2-5(12)3-7(13)8(6)10(14)15-9/h2-3,9,12-13H,1H3/t9-/m1/s1. The van der Waals surface area contributed by atoms with Gasteiger partial charge in [0.2, 0.25) is 0 Å². The molecule has 0 bridgehead atoms. The van der Waals surface area contributed by atoms with Crippen LogP contribution in [0, 0.1) is 0 Å². The number of Topliss-reactive ketones (excluding diaryl/α,β-unsaturated/α-hetero) is 1. The Kier molecular flexibility index (Phi) is 1.89. The zero-order valence-corrected chi connectivity index (χ0v) is 7.85. The number of carbonyl (C=O) groups excluding carboxylic acids is 2. The number of aromatic hydroxyl groups is 2. The molecule has 1 aromatic rings. The van der Waals surface area contributed by atoms with Gasteiger partial charge in [-0.3, -0.25) is 4.79 Å². The minimum absolute atomic E-state index is 0.0481. The van der Waals surface area contributed by atoms with E-state index < -0.39 is 12.1 Å². The molecule has 15 heavy (non-hydrogen) atoms. The molecule has 1 atom stereocenters. The maximum Gasteiger partial charge on any atom is 0.343 e. The summed E-state index contributed by atoms with van der Waals surface area (Å²) in [5.41, 5.74) is 0.165. The van der Waals surface area contributed by atoms with Crippen molar-refractivity contribution in [3.63, 3.8) is 0 Å². The second-order valence-corrected chi connectivity index (χ2v) is 3.33. The van der Waals surface area contributed by atoms with Crippen molar-refractivity contribution in [3.8, 4) is 11.5 Å². The number of carbonyl (C=O) groups is 2. The van der Waals surface area contributed by atoms with Crippen molar-refractivity contribution in [3.05, 3.63) is 23.3 Å². The molecule has 0 aromatic heterocycles. The molecule has 2 rings (SSSR count). The van der Waals surface area contributed by atoms with E-state index in [1.165, 1.54) is 13.0 Å². The zero-order chi connectivity index (χ0) is 11.2. The second-order valence-electron chi connectivity index (χ2n) is 3.33. The van der Waals surface area contributed by atoms with Gasteiger partial charge in [-0.25, -0.2) is 4.79 Å². The number of rotatable bonds is 1. The molecule has 0 unspecified atom stereocenters. The van der Waals surface area contributed by atoms with Gasteiger partial charge in [0.25, 0.3) is 0 Å². The average molecular weight is 208 g/mol. The van der Waals surface area contributed by atoms with Crippen LogP contribution in [-0.4, -0.2) is 22.0 Å². The van der Waals surface area contributed by atoms with Crippen LogP contribution in [-0.2, 0) is 9.53 Å². The predicted octanol–water partition coefficient (Wildman–Crippen LogP) is 0.898. The maximum absolute atomic E-state index is 11.3. The van der Waals surface area contributed by atoms with E-state index in [0.29, 0.717) is 0 Å². The molecule has 0 saturated heterocycles. The fourth-order valence-electron chi connectivity index (χ4n) is 1.59. The van der Waals surface area contributed by atoms with E-state index in [0.717, 1.165) is 6.07 Å². The van der Waals surface area contributed by atoms with Gasteiger partial charge in [-0.1, -0.05) is 0 Å². The van der Waals surface area contributed by atoms with Gasteiger partial charge in [-0.05, 0) is 13.0 Å². The molecule has 0 aliphatic carbocycles. The highest BCUT2D eigenvalue weighted by Gasteiger charge is 2.36. The number of phenolic OH excluding ortho intramolecular Hbond substituents is 2. The maximum atomic E-state index is 11.3. The Hall–Kier alpha value is -2.04. The molecular weight excluding hydrogens is 200 g/mol. The first-order valence-corrected chi connectivity index (χ1v) is 4.28. The lowest BCUT2D eigenvalue weighted by Gasteiger charge is -2.05. The van der Waals surface area contributed by atoms with E-state index in [9.17, 15) is 19.8 Å². The van der Waals surface area contributed by atoms with Crippen LogP contribution in [0.25, 0.3) is 0 Å². The minimum atomic E-state index is -1.02. The van der Waals surface area contributed by atoms with Crippen molar-refractivity contribution < 1.29 is 24.5 Å². The number of esters is 1. The van der Waals surface area contributed by atoms with Crippen molar-refractivity contribution in [1.29, 1.82) is 0 Å². The largest absolute Gasteiger partial charge is 0.508 e. The lowest BCUT2D eigenvalue weighted by molar-refractivity contribution is -0.125. The number of hydrogen-bond donors (Lipinski definition) is 2. The highest BCUT2D eigenvalue weighted by molar-refractivity contribution is 6.02. The van der Waals surface area contributed by atoms with E-state index in [-0.39, 0.29) is 28.4 Å². The predicted molar refractivity (Wildman–Crippen MR) is 48.6 cm³/mol. The van der Waals surface area contributed by atoms with Gasteiger partial charge in [-0.2, -0.15) is 0 Å². The number of hydrogen-bond acceptors (Lipinski definition) is 5. The van der Waals surface area contributed by atoms with Crippen LogP contribution in [0.3, 0.4) is 0 Å².